The zero-order valence-electron chi connectivity index (χ0n) is 20.6. The first-order chi connectivity index (χ1) is 17.7. The molecular weight excluding hydrogens is 492 g/mol. The van der Waals surface area contributed by atoms with E-state index in [-0.39, 0.29) is 12.1 Å². The van der Waals surface area contributed by atoms with Crippen LogP contribution in [0.1, 0.15) is 30.5 Å². The Morgan fingerprint density at radius 1 is 1.03 bits per heavy atom. The largest absolute Gasteiger partial charge is 0.391 e. The summed E-state index contributed by atoms with van der Waals surface area (Å²) in [5.74, 6) is -0.530. The third kappa shape index (κ3) is 6.81. The van der Waals surface area contributed by atoms with Gasteiger partial charge < -0.3 is 4.84 Å². The van der Waals surface area contributed by atoms with Crippen LogP contribution < -0.4 is 4.47 Å². The molecule has 0 unspecified atom stereocenters. The Labute approximate surface area is 216 Å². The van der Waals surface area contributed by atoms with Crippen molar-refractivity contribution in [2.45, 2.75) is 33.2 Å². The van der Waals surface area contributed by atoms with E-state index in [4.69, 9.17) is 4.84 Å². The Bertz CT molecular complexity index is 1440. The molecule has 0 saturated heterocycles. The normalized spacial score (nSPS) is 11.5. The van der Waals surface area contributed by atoms with E-state index >= 15 is 0 Å². The van der Waals surface area contributed by atoms with Gasteiger partial charge in [0.1, 0.15) is 18.3 Å². The first kappa shape index (κ1) is 26.1. The second kappa shape index (κ2) is 11.4. The average molecular weight is 521 g/mol. The van der Waals surface area contributed by atoms with Crippen molar-refractivity contribution in [2.24, 2.45) is 5.92 Å². The van der Waals surface area contributed by atoms with E-state index in [1.54, 1.807) is 47.4 Å². The van der Waals surface area contributed by atoms with Gasteiger partial charge in [0.2, 0.25) is 0 Å². The van der Waals surface area contributed by atoms with Crippen molar-refractivity contribution in [3.8, 4) is 11.1 Å². The molecule has 192 valence electrons. The quantitative estimate of drug-likeness (QED) is 0.242. The zero-order valence-corrected chi connectivity index (χ0v) is 21.4. The molecule has 0 aliphatic rings. The number of aromatic nitrogens is 3. The topological polar surface area (TPSA) is 115 Å². The van der Waals surface area contributed by atoms with E-state index in [0.717, 1.165) is 11.1 Å². The number of hydrogen-bond acceptors (Lipinski definition) is 6. The van der Waals surface area contributed by atoms with Crippen LogP contribution in [-0.4, -0.2) is 33.7 Å². The molecule has 0 atom stereocenters. The molecule has 0 spiro atoms. The van der Waals surface area contributed by atoms with Gasteiger partial charge in [0.25, 0.3) is 0 Å². The van der Waals surface area contributed by atoms with Gasteiger partial charge in [-0.25, -0.2) is 14.5 Å². The Kier molecular flexibility index (Phi) is 8.00. The molecular formula is C27H28N4O5S. The zero-order chi connectivity index (χ0) is 26.4. The van der Waals surface area contributed by atoms with Gasteiger partial charge in [0, 0.05) is 5.56 Å². The number of nitrogens with zero attached hydrogens (tertiary/aromatic N) is 4. The lowest BCUT2D eigenvalue weighted by atomic mass is 9.92. The number of carbonyl (C=O) groups is 1. The number of hydrogen-bond donors (Lipinski definition) is 1. The van der Waals surface area contributed by atoms with E-state index in [1.165, 1.54) is 6.33 Å². The fourth-order valence-electron chi connectivity index (χ4n) is 4.05. The fraction of sp³-hybridized carbons (Fsp3) is 0.222. The van der Waals surface area contributed by atoms with Crippen LogP contribution in [0.25, 0.3) is 11.1 Å². The molecule has 9 nitrogen and oxygen atoms in total. The minimum absolute atomic E-state index is 0.0118. The standard InChI is InChI=1S/C27H28N4O5S/c1-20(2)13-23-15-25(22-11-7-4-8-12-22)26(16-24(23)17-30-19-28-18-29-30)31(37(33,34)35)36-27(32)14-21-9-5-3-6-10-21/h3-12,15-16,18-20H,13-14,17H2,1-2H3,(H,33,34,35). The monoisotopic (exact) mass is 520 g/mol. The summed E-state index contributed by atoms with van der Waals surface area (Å²) in [6.07, 6.45) is 3.51. The summed E-state index contributed by atoms with van der Waals surface area (Å²) in [7, 11) is -4.99. The van der Waals surface area contributed by atoms with Crippen molar-refractivity contribution < 1.29 is 22.6 Å². The van der Waals surface area contributed by atoms with E-state index < -0.39 is 16.3 Å². The number of rotatable bonds is 10. The van der Waals surface area contributed by atoms with Crippen molar-refractivity contribution in [2.75, 3.05) is 4.47 Å². The summed E-state index contributed by atoms with van der Waals surface area (Å²) in [6, 6.07) is 21.4. The summed E-state index contributed by atoms with van der Waals surface area (Å²) in [5.41, 5.74) is 3.56. The molecule has 4 rings (SSSR count). The summed E-state index contributed by atoms with van der Waals surface area (Å²) in [4.78, 5) is 22.1. The maximum atomic E-state index is 12.8. The van der Waals surface area contributed by atoms with Crippen LogP contribution in [0, 0.1) is 5.92 Å². The maximum absolute atomic E-state index is 12.8. The Morgan fingerprint density at radius 2 is 1.70 bits per heavy atom. The molecule has 0 fully saturated rings. The van der Waals surface area contributed by atoms with Crippen LogP contribution in [0.3, 0.4) is 0 Å². The minimum Gasteiger partial charge on any atom is -0.324 e. The fourth-order valence-corrected chi connectivity index (χ4v) is 4.63. The predicted molar refractivity (Wildman–Crippen MR) is 140 cm³/mol. The van der Waals surface area contributed by atoms with Gasteiger partial charge in [-0.05, 0) is 46.7 Å². The highest BCUT2D eigenvalue weighted by atomic mass is 32.2. The van der Waals surface area contributed by atoms with Crippen LogP contribution in [0.4, 0.5) is 5.69 Å². The van der Waals surface area contributed by atoms with Crippen LogP contribution >= 0.6 is 0 Å². The lowest BCUT2D eigenvalue weighted by Gasteiger charge is -2.24. The molecule has 10 heteroatoms. The minimum atomic E-state index is -4.99. The summed E-state index contributed by atoms with van der Waals surface area (Å²) in [5, 5.41) is 4.17. The van der Waals surface area contributed by atoms with Crippen LogP contribution in [0.2, 0.25) is 0 Å². The molecule has 1 aromatic heterocycles. The molecule has 0 aliphatic heterocycles. The predicted octanol–water partition coefficient (Wildman–Crippen LogP) is 4.50. The summed E-state index contributed by atoms with van der Waals surface area (Å²) in [6.45, 7) is 4.48. The summed E-state index contributed by atoms with van der Waals surface area (Å²) < 4.78 is 37.2. The number of anilines is 1. The van der Waals surface area contributed by atoms with Crippen molar-refractivity contribution in [3.63, 3.8) is 0 Å². The van der Waals surface area contributed by atoms with E-state index in [9.17, 15) is 17.8 Å². The van der Waals surface area contributed by atoms with Crippen molar-refractivity contribution in [3.05, 3.63) is 102 Å². The lowest BCUT2D eigenvalue weighted by molar-refractivity contribution is -0.142. The molecule has 1 heterocycles. The first-order valence-corrected chi connectivity index (χ1v) is 13.2. The Hall–Kier alpha value is -4.02. The molecule has 0 radical (unpaired) electrons. The number of benzene rings is 3. The Morgan fingerprint density at radius 3 is 2.30 bits per heavy atom. The van der Waals surface area contributed by atoms with Gasteiger partial charge in [0.15, 0.2) is 0 Å². The lowest BCUT2D eigenvalue weighted by Crippen LogP contribution is -2.34. The average Bonchev–Trinajstić information content (AvgIpc) is 3.37. The molecule has 0 saturated carbocycles. The van der Waals surface area contributed by atoms with E-state index in [1.807, 2.05) is 36.4 Å². The highest BCUT2D eigenvalue weighted by Crippen LogP contribution is 2.36. The van der Waals surface area contributed by atoms with Gasteiger partial charge in [-0.2, -0.15) is 13.5 Å². The van der Waals surface area contributed by atoms with Crippen molar-refractivity contribution >= 4 is 22.0 Å². The molecule has 0 amide bonds. The van der Waals surface area contributed by atoms with Gasteiger partial charge in [-0.15, -0.1) is 0 Å². The molecule has 1 N–H and O–H groups in total. The van der Waals surface area contributed by atoms with Gasteiger partial charge in [0.05, 0.1) is 13.0 Å². The van der Waals surface area contributed by atoms with Gasteiger partial charge in [-0.3, -0.25) is 4.55 Å². The van der Waals surface area contributed by atoms with E-state index in [2.05, 4.69) is 23.9 Å². The van der Waals surface area contributed by atoms with Gasteiger partial charge >= 0.3 is 16.3 Å². The third-order valence-electron chi connectivity index (χ3n) is 5.61. The molecule has 0 aliphatic carbocycles. The van der Waals surface area contributed by atoms with Crippen LogP contribution in [-0.2, 0) is 39.3 Å². The first-order valence-electron chi connectivity index (χ1n) is 11.8. The smallest absolute Gasteiger partial charge is 0.324 e. The molecule has 3 aromatic carbocycles. The third-order valence-corrected chi connectivity index (χ3v) is 6.30. The number of carbonyl (C=O) groups excluding carboxylic acids is 1. The van der Waals surface area contributed by atoms with Crippen molar-refractivity contribution in [1.82, 2.24) is 14.8 Å². The van der Waals surface area contributed by atoms with Gasteiger partial charge in [-0.1, -0.05) is 79.0 Å². The maximum Gasteiger partial charge on any atom is 0.391 e. The highest BCUT2D eigenvalue weighted by Gasteiger charge is 2.29. The van der Waals surface area contributed by atoms with E-state index in [0.29, 0.717) is 40.0 Å². The SMILES string of the molecule is CC(C)Cc1cc(-c2ccccc2)c(N(OC(=O)Cc2ccccc2)S(=O)(=O)O)cc1Cn1cncn1. The molecule has 4 aromatic rings. The Balaban J connectivity index is 1.84. The molecule has 37 heavy (non-hydrogen) atoms. The summed E-state index contributed by atoms with van der Waals surface area (Å²) >= 11 is 0. The molecule has 0 bridgehead atoms. The van der Waals surface area contributed by atoms with Crippen molar-refractivity contribution in [1.29, 1.82) is 0 Å². The van der Waals surface area contributed by atoms with Crippen LogP contribution in [0.5, 0.6) is 0 Å². The second-order valence-electron chi connectivity index (χ2n) is 9.03. The second-order valence-corrected chi connectivity index (χ2v) is 10.3. The highest BCUT2D eigenvalue weighted by molar-refractivity contribution is 7.87. The van der Waals surface area contributed by atoms with Crippen LogP contribution in [0.15, 0.2) is 85.5 Å².